The van der Waals surface area contributed by atoms with Crippen LogP contribution in [0.2, 0.25) is 10.0 Å². The van der Waals surface area contributed by atoms with Gasteiger partial charge >= 0.3 is 6.03 Å². The fraction of sp³-hybridized carbons (Fsp3) is 0.222. The van der Waals surface area contributed by atoms with Gasteiger partial charge in [0.25, 0.3) is 0 Å². The fourth-order valence-electron chi connectivity index (χ4n) is 3.39. The van der Waals surface area contributed by atoms with Crippen molar-refractivity contribution in [1.82, 2.24) is 10.0 Å². The van der Waals surface area contributed by atoms with E-state index < -0.39 is 0 Å². The highest BCUT2D eigenvalue weighted by Gasteiger charge is 2.47. The topological polar surface area (TPSA) is 50.6 Å². The Morgan fingerprint density at radius 1 is 1.04 bits per heavy atom. The summed E-state index contributed by atoms with van der Waals surface area (Å²) in [7, 11) is 0. The number of hydrogen-bond donors (Lipinski definition) is 0. The second kappa shape index (κ2) is 6.23. The van der Waals surface area contributed by atoms with Crippen LogP contribution in [0.25, 0.3) is 0 Å². The van der Waals surface area contributed by atoms with Crippen molar-refractivity contribution in [3.63, 3.8) is 0 Å². The predicted molar refractivity (Wildman–Crippen MR) is 96.3 cm³/mol. The fourth-order valence-corrected chi connectivity index (χ4v) is 3.68. The molecule has 1 unspecified atom stereocenters. The molecule has 25 heavy (non-hydrogen) atoms. The van der Waals surface area contributed by atoms with E-state index in [9.17, 15) is 4.79 Å². The molecule has 2 saturated heterocycles. The van der Waals surface area contributed by atoms with Gasteiger partial charge in [0.1, 0.15) is 6.17 Å². The van der Waals surface area contributed by atoms with E-state index in [2.05, 4.69) is 11.1 Å². The monoisotopic (exact) mass is 372 g/mol. The first kappa shape index (κ1) is 16.2. The van der Waals surface area contributed by atoms with Gasteiger partial charge in [-0.1, -0.05) is 35.3 Å². The SMILES string of the molecule is N#Cc1ccc(C2N(c3ccc(Cl)c(Cl)c3)C(=O)N3CCCN23)cc1. The Labute approximate surface area is 155 Å². The molecule has 0 spiro atoms. The first-order valence-electron chi connectivity index (χ1n) is 7.92. The lowest BCUT2D eigenvalue weighted by Gasteiger charge is -2.28. The van der Waals surface area contributed by atoms with Crippen LogP contribution in [0.4, 0.5) is 10.5 Å². The highest BCUT2D eigenvalue weighted by Crippen LogP contribution is 2.41. The Balaban J connectivity index is 1.80. The molecule has 2 aliphatic heterocycles. The zero-order chi connectivity index (χ0) is 17.6. The first-order chi connectivity index (χ1) is 12.1. The Morgan fingerprint density at radius 2 is 1.80 bits per heavy atom. The molecular formula is C18H14Cl2N4O. The van der Waals surface area contributed by atoms with Crippen molar-refractivity contribution in [3.8, 4) is 6.07 Å². The molecule has 2 amide bonds. The van der Waals surface area contributed by atoms with Crippen LogP contribution in [0.15, 0.2) is 42.5 Å². The molecule has 2 fully saturated rings. The van der Waals surface area contributed by atoms with E-state index in [1.165, 1.54) is 0 Å². The standard InChI is InChI=1S/C18H14Cl2N4O/c19-15-7-6-14(10-16(15)20)24-17(13-4-2-12(11-21)3-5-13)22-8-1-9-23(22)18(24)25/h2-7,10,17H,1,8-9H2. The third-order valence-corrected chi connectivity index (χ3v) is 5.28. The van der Waals surface area contributed by atoms with Crippen molar-refractivity contribution in [3.05, 3.63) is 63.6 Å². The van der Waals surface area contributed by atoms with E-state index in [0.717, 1.165) is 18.5 Å². The molecule has 0 radical (unpaired) electrons. The van der Waals surface area contributed by atoms with Crippen molar-refractivity contribution in [1.29, 1.82) is 5.26 Å². The number of urea groups is 1. The maximum atomic E-state index is 13.0. The van der Waals surface area contributed by atoms with Crippen LogP contribution in [0.3, 0.4) is 0 Å². The summed E-state index contributed by atoms with van der Waals surface area (Å²) in [5.41, 5.74) is 2.23. The van der Waals surface area contributed by atoms with Crippen LogP contribution < -0.4 is 4.90 Å². The van der Waals surface area contributed by atoms with Crippen molar-refractivity contribution < 1.29 is 4.79 Å². The molecule has 0 aromatic heterocycles. The van der Waals surface area contributed by atoms with Crippen LogP contribution in [0, 0.1) is 11.3 Å². The van der Waals surface area contributed by atoms with Gasteiger partial charge in [-0.25, -0.2) is 4.79 Å². The van der Waals surface area contributed by atoms with Crippen LogP contribution in [-0.4, -0.2) is 29.1 Å². The number of nitrogens with zero attached hydrogens (tertiary/aromatic N) is 4. The van der Waals surface area contributed by atoms with E-state index in [1.54, 1.807) is 40.2 Å². The van der Waals surface area contributed by atoms with Gasteiger partial charge in [-0.05, 0) is 42.3 Å². The van der Waals surface area contributed by atoms with Gasteiger partial charge in [0, 0.05) is 18.8 Å². The number of benzene rings is 2. The number of amides is 2. The molecule has 0 N–H and O–H groups in total. The number of carbonyl (C=O) groups excluding carboxylic acids is 1. The number of anilines is 1. The van der Waals surface area contributed by atoms with Crippen molar-refractivity contribution in [2.24, 2.45) is 0 Å². The van der Waals surface area contributed by atoms with Gasteiger partial charge in [-0.15, -0.1) is 0 Å². The predicted octanol–water partition coefficient (Wildman–Crippen LogP) is 4.43. The number of halogens is 2. The normalized spacial score (nSPS) is 20.0. The number of rotatable bonds is 2. The Kier molecular flexibility index (Phi) is 4.04. The van der Waals surface area contributed by atoms with Crippen molar-refractivity contribution in [2.75, 3.05) is 18.0 Å². The second-order valence-corrected chi connectivity index (χ2v) is 6.81. The summed E-state index contributed by atoms with van der Waals surface area (Å²) in [5, 5.41) is 13.7. The van der Waals surface area contributed by atoms with E-state index in [1.807, 2.05) is 12.1 Å². The quantitative estimate of drug-likeness (QED) is 0.783. The minimum atomic E-state index is -0.264. The number of nitriles is 1. The van der Waals surface area contributed by atoms with Gasteiger partial charge in [-0.3, -0.25) is 9.91 Å². The van der Waals surface area contributed by atoms with Gasteiger partial charge in [-0.2, -0.15) is 10.3 Å². The Hall–Kier alpha value is -2.26. The maximum absolute atomic E-state index is 13.0. The minimum absolute atomic E-state index is 0.0785. The van der Waals surface area contributed by atoms with Gasteiger partial charge in [0.2, 0.25) is 0 Å². The molecular weight excluding hydrogens is 359 g/mol. The average molecular weight is 373 g/mol. The average Bonchev–Trinajstić information content (AvgIpc) is 3.20. The molecule has 4 rings (SSSR count). The molecule has 0 bridgehead atoms. The zero-order valence-electron chi connectivity index (χ0n) is 13.2. The largest absolute Gasteiger partial charge is 0.340 e. The molecule has 0 aliphatic carbocycles. The maximum Gasteiger partial charge on any atom is 0.340 e. The van der Waals surface area contributed by atoms with Crippen LogP contribution in [0.1, 0.15) is 23.7 Å². The Bertz CT molecular complexity index is 878. The van der Waals surface area contributed by atoms with Crippen molar-refractivity contribution in [2.45, 2.75) is 12.6 Å². The molecule has 1 atom stereocenters. The molecule has 7 heteroatoms. The second-order valence-electron chi connectivity index (χ2n) is 6.00. The van der Waals surface area contributed by atoms with E-state index in [4.69, 9.17) is 28.5 Å². The van der Waals surface area contributed by atoms with Gasteiger partial charge in [0.05, 0.1) is 21.7 Å². The first-order valence-corrected chi connectivity index (χ1v) is 8.68. The van der Waals surface area contributed by atoms with Crippen LogP contribution in [0.5, 0.6) is 0 Å². The number of hydrogen-bond acceptors (Lipinski definition) is 3. The smallest absolute Gasteiger partial charge is 0.271 e. The van der Waals surface area contributed by atoms with Crippen LogP contribution >= 0.6 is 23.2 Å². The summed E-state index contributed by atoms with van der Waals surface area (Å²) >= 11 is 12.2. The van der Waals surface area contributed by atoms with E-state index in [-0.39, 0.29) is 12.2 Å². The molecule has 0 saturated carbocycles. The Morgan fingerprint density at radius 3 is 2.48 bits per heavy atom. The molecule has 2 aromatic carbocycles. The highest BCUT2D eigenvalue weighted by molar-refractivity contribution is 6.42. The lowest BCUT2D eigenvalue weighted by Crippen LogP contribution is -2.32. The summed E-state index contributed by atoms with van der Waals surface area (Å²) in [5.74, 6) is 0. The number of hydrazine groups is 1. The molecule has 2 aliphatic rings. The summed E-state index contributed by atoms with van der Waals surface area (Å²) < 4.78 is 0. The van der Waals surface area contributed by atoms with Gasteiger partial charge in [0.15, 0.2) is 0 Å². The molecule has 5 nitrogen and oxygen atoms in total. The molecule has 126 valence electrons. The molecule has 2 heterocycles. The lowest BCUT2D eigenvalue weighted by molar-refractivity contribution is 0.0728. The van der Waals surface area contributed by atoms with E-state index in [0.29, 0.717) is 27.8 Å². The zero-order valence-corrected chi connectivity index (χ0v) is 14.7. The lowest BCUT2D eigenvalue weighted by atomic mass is 10.1. The van der Waals surface area contributed by atoms with E-state index >= 15 is 0 Å². The summed E-state index contributed by atoms with van der Waals surface area (Å²) in [6, 6.07) is 14.6. The molecule has 2 aromatic rings. The summed E-state index contributed by atoms with van der Waals surface area (Å²) in [6.45, 7) is 1.50. The highest BCUT2D eigenvalue weighted by atomic mass is 35.5. The number of carbonyl (C=O) groups is 1. The van der Waals surface area contributed by atoms with Gasteiger partial charge < -0.3 is 0 Å². The summed E-state index contributed by atoms with van der Waals surface area (Å²) in [4.78, 5) is 14.7. The number of fused-ring (bicyclic) bond motifs is 1. The third kappa shape index (κ3) is 2.63. The minimum Gasteiger partial charge on any atom is -0.271 e. The summed E-state index contributed by atoms with van der Waals surface area (Å²) in [6.07, 6.45) is 0.674. The van der Waals surface area contributed by atoms with Crippen LogP contribution in [-0.2, 0) is 0 Å². The van der Waals surface area contributed by atoms with Crippen molar-refractivity contribution >= 4 is 34.9 Å². The third-order valence-electron chi connectivity index (χ3n) is 4.54.